The zero-order chi connectivity index (χ0) is 15.5. The minimum absolute atomic E-state index is 0.0267. The second kappa shape index (κ2) is 5.97. The Kier molecular flexibility index (Phi) is 3.86. The van der Waals surface area contributed by atoms with Crippen LogP contribution >= 0.6 is 0 Å². The van der Waals surface area contributed by atoms with E-state index in [1.54, 1.807) is 6.20 Å². The van der Waals surface area contributed by atoms with Crippen molar-refractivity contribution < 1.29 is 4.79 Å². The van der Waals surface area contributed by atoms with Gasteiger partial charge in [0.25, 0.3) is 0 Å². The van der Waals surface area contributed by atoms with Crippen molar-refractivity contribution in [2.45, 2.75) is 13.8 Å². The number of aryl methyl sites for hydroxylation is 2. The standard InChI is InChI=1S/C15H18N6O/c1-10-7-11(2)19-15(18-10)20-12-3-4-13(17-8-12)21-6-5-16-14(22)9-21/h3-4,7-8H,5-6,9H2,1-2H3,(H,16,22)(H,18,19,20). The van der Waals surface area contributed by atoms with Crippen LogP contribution in [0.15, 0.2) is 24.4 Å². The summed E-state index contributed by atoms with van der Waals surface area (Å²) in [6, 6.07) is 5.73. The highest BCUT2D eigenvalue weighted by molar-refractivity contribution is 5.82. The van der Waals surface area contributed by atoms with Crippen molar-refractivity contribution in [3.63, 3.8) is 0 Å². The lowest BCUT2D eigenvalue weighted by Gasteiger charge is -2.27. The van der Waals surface area contributed by atoms with E-state index in [-0.39, 0.29) is 5.91 Å². The van der Waals surface area contributed by atoms with Crippen LogP contribution in [0.5, 0.6) is 0 Å². The third-order valence-corrected chi connectivity index (χ3v) is 3.35. The van der Waals surface area contributed by atoms with Gasteiger partial charge in [0.1, 0.15) is 5.82 Å². The zero-order valence-corrected chi connectivity index (χ0v) is 12.6. The average molecular weight is 298 g/mol. The van der Waals surface area contributed by atoms with Crippen LogP contribution in [0.3, 0.4) is 0 Å². The van der Waals surface area contributed by atoms with Gasteiger partial charge >= 0.3 is 0 Å². The number of nitrogens with one attached hydrogen (secondary N) is 2. The molecule has 0 unspecified atom stereocenters. The molecule has 0 aliphatic carbocycles. The maximum Gasteiger partial charge on any atom is 0.239 e. The first-order valence-electron chi connectivity index (χ1n) is 7.17. The maximum absolute atomic E-state index is 11.4. The van der Waals surface area contributed by atoms with Crippen molar-refractivity contribution >= 4 is 23.4 Å². The molecular formula is C15H18N6O. The van der Waals surface area contributed by atoms with E-state index in [4.69, 9.17) is 0 Å². The van der Waals surface area contributed by atoms with Crippen molar-refractivity contribution in [3.05, 3.63) is 35.8 Å². The molecule has 0 bridgehead atoms. The van der Waals surface area contributed by atoms with Gasteiger partial charge in [-0.25, -0.2) is 15.0 Å². The molecule has 3 rings (SSSR count). The Labute approximate surface area is 128 Å². The third-order valence-electron chi connectivity index (χ3n) is 3.35. The monoisotopic (exact) mass is 298 g/mol. The number of aromatic nitrogens is 3. The van der Waals surface area contributed by atoms with Gasteiger partial charge in [-0.05, 0) is 32.0 Å². The van der Waals surface area contributed by atoms with Gasteiger partial charge < -0.3 is 15.5 Å². The van der Waals surface area contributed by atoms with Crippen LogP contribution in [0.25, 0.3) is 0 Å². The van der Waals surface area contributed by atoms with E-state index in [0.29, 0.717) is 19.0 Å². The molecule has 0 aromatic carbocycles. The largest absolute Gasteiger partial charge is 0.353 e. The Morgan fingerprint density at radius 2 is 2.00 bits per heavy atom. The lowest BCUT2D eigenvalue weighted by Crippen LogP contribution is -2.48. The summed E-state index contributed by atoms with van der Waals surface area (Å²) >= 11 is 0. The first-order chi connectivity index (χ1) is 10.6. The lowest BCUT2D eigenvalue weighted by molar-refractivity contribution is -0.120. The number of anilines is 3. The summed E-state index contributed by atoms with van der Waals surface area (Å²) in [5.41, 5.74) is 2.65. The molecule has 0 spiro atoms. The summed E-state index contributed by atoms with van der Waals surface area (Å²) in [4.78, 5) is 26.4. The Bertz CT molecular complexity index is 665. The number of nitrogens with zero attached hydrogens (tertiary/aromatic N) is 4. The zero-order valence-electron chi connectivity index (χ0n) is 12.6. The van der Waals surface area contributed by atoms with Crippen molar-refractivity contribution in [3.8, 4) is 0 Å². The molecule has 1 fully saturated rings. The van der Waals surface area contributed by atoms with Crippen LogP contribution in [0.1, 0.15) is 11.4 Å². The van der Waals surface area contributed by atoms with Gasteiger partial charge in [0.05, 0.1) is 18.4 Å². The van der Waals surface area contributed by atoms with Crippen molar-refractivity contribution in [2.24, 2.45) is 0 Å². The Hall–Kier alpha value is -2.70. The topological polar surface area (TPSA) is 83.0 Å². The average Bonchev–Trinajstić information content (AvgIpc) is 2.47. The summed E-state index contributed by atoms with van der Waals surface area (Å²) in [5, 5.41) is 5.94. The molecule has 1 aliphatic rings. The minimum atomic E-state index is 0.0267. The van der Waals surface area contributed by atoms with Gasteiger partial charge in [-0.2, -0.15) is 0 Å². The molecule has 0 radical (unpaired) electrons. The summed E-state index contributed by atoms with van der Waals surface area (Å²) in [6.45, 7) is 5.63. The molecule has 1 aliphatic heterocycles. The molecule has 7 heteroatoms. The molecule has 1 amide bonds. The van der Waals surface area contributed by atoms with Crippen LogP contribution in [0.4, 0.5) is 17.5 Å². The van der Waals surface area contributed by atoms with Crippen molar-refractivity contribution in [1.82, 2.24) is 20.3 Å². The van der Waals surface area contributed by atoms with Gasteiger partial charge in [-0.15, -0.1) is 0 Å². The van der Waals surface area contributed by atoms with E-state index in [1.165, 1.54) is 0 Å². The number of piperazine rings is 1. The van der Waals surface area contributed by atoms with Crippen LogP contribution in [-0.2, 0) is 4.79 Å². The van der Waals surface area contributed by atoms with E-state index in [0.717, 1.165) is 29.4 Å². The fourth-order valence-electron chi connectivity index (χ4n) is 2.39. The number of hydrogen-bond acceptors (Lipinski definition) is 6. The number of rotatable bonds is 3. The molecule has 0 saturated carbocycles. The first-order valence-corrected chi connectivity index (χ1v) is 7.17. The van der Waals surface area contributed by atoms with Gasteiger partial charge in [0.15, 0.2) is 0 Å². The number of amides is 1. The second-order valence-corrected chi connectivity index (χ2v) is 5.28. The molecular weight excluding hydrogens is 280 g/mol. The van der Waals surface area contributed by atoms with E-state index in [2.05, 4.69) is 25.6 Å². The molecule has 3 heterocycles. The highest BCUT2D eigenvalue weighted by atomic mass is 16.2. The molecule has 0 atom stereocenters. The predicted molar refractivity (Wildman–Crippen MR) is 84.2 cm³/mol. The fraction of sp³-hybridized carbons (Fsp3) is 0.333. The van der Waals surface area contributed by atoms with Gasteiger partial charge in [-0.3, -0.25) is 4.79 Å². The summed E-state index contributed by atoms with van der Waals surface area (Å²) < 4.78 is 0. The van der Waals surface area contributed by atoms with E-state index >= 15 is 0 Å². The second-order valence-electron chi connectivity index (χ2n) is 5.28. The maximum atomic E-state index is 11.4. The lowest BCUT2D eigenvalue weighted by atomic mass is 10.3. The smallest absolute Gasteiger partial charge is 0.239 e. The number of carbonyl (C=O) groups is 1. The van der Waals surface area contributed by atoms with Gasteiger partial charge in [0.2, 0.25) is 11.9 Å². The third kappa shape index (κ3) is 3.30. The first kappa shape index (κ1) is 14.2. The summed E-state index contributed by atoms with van der Waals surface area (Å²) in [5.74, 6) is 1.38. The highest BCUT2D eigenvalue weighted by Gasteiger charge is 2.17. The van der Waals surface area contributed by atoms with E-state index < -0.39 is 0 Å². The van der Waals surface area contributed by atoms with Crippen LogP contribution in [0.2, 0.25) is 0 Å². The molecule has 22 heavy (non-hydrogen) atoms. The number of carbonyl (C=O) groups excluding carboxylic acids is 1. The van der Waals surface area contributed by atoms with Crippen molar-refractivity contribution in [2.75, 3.05) is 29.9 Å². The number of pyridine rings is 1. The van der Waals surface area contributed by atoms with Crippen LogP contribution in [0, 0.1) is 13.8 Å². The van der Waals surface area contributed by atoms with Crippen LogP contribution in [-0.4, -0.2) is 40.5 Å². The van der Waals surface area contributed by atoms with Crippen LogP contribution < -0.4 is 15.5 Å². The molecule has 2 aromatic rings. The van der Waals surface area contributed by atoms with Gasteiger partial charge in [0, 0.05) is 24.5 Å². The quantitative estimate of drug-likeness (QED) is 0.885. The summed E-state index contributed by atoms with van der Waals surface area (Å²) in [7, 11) is 0. The van der Waals surface area contributed by atoms with Gasteiger partial charge in [-0.1, -0.05) is 0 Å². The highest BCUT2D eigenvalue weighted by Crippen LogP contribution is 2.17. The molecule has 2 aromatic heterocycles. The van der Waals surface area contributed by atoms with Crippen molar-refractivity contribution in [1.29, 1.82) is 0 Å². The molecule has 7 nitrogen and oxygen atoms in total. The molecule has 114 valence electrons. The summed E-state index contributed by atoms with van der Waals surface area (Å²) in [6.07, 6.45) is 1.73. The SMILES string of the molecule is Cc1cc(C)nc(Nc2ccc(N3CCNC(=O)C3)nc2)n1. The normalized spacial score (nSPS) is 14.6. The Balaban J connectivity index is 1.72. The number of hydrogen-bond donors (Lipinski definition) is 2. The van der Waals surface area contributed by atoms with E-state index in [1.807, 2.05) is 36.9 Å². The minimum Gasteiger partial charge on any atom is -0.353 e. The van der Waals surface area contributed by atoms with E-state index in [9.17, 15) is 4.79 Å². The Morgan fingerprint density at radius 1 is 1.23 bits per heavy atom. The fourth-order valence-corrected chi connectivity index (χ4v) is 2.39. The molecule has 1 saturated heterocycles. The Morgan fingerprint density at radius 3 is 2.64 bits per heavy atom. The predicted octanol–water partition coefficient (Wildman–Crippen LogP) is 1.17. The molecule has 2 N–H and O–H groups in total.